The minimum atomic E-state index is 0.276. The first-order valence-corrected chi connectivity index (χ1v) is 8.51. The van der Waals surface area contributed by atoms with Crippen LogP contribution in [-0.2, 0) is 13.1 Å². The van der Waals surface area contributed by atoms with E-state index < -0.39 is 0 Å². The highest BCUT2D eigenvalue weighted by Gasteiger charge is 2.30. The van der Waals surface area contributed by atoms with Gasteiger partial charge in [-0.05, 0) is 32.1 Å². The van der Waals surface area contributed by atoms with E-state index in [1.807, 2.05) is 11.6 Å². The molecule has 1 aromatic heterocycles. The molecule has 1 N–H and O–H groups in total. The average molecular weight is 318 g/mol. The van der Waals surface area contributed by atoms with Gasteiger partial charge >= 0.3 is 0 Å². The van der Waals surface area contributed by atoms with Crippen molar-refractivity contribution in [2.24, 2.45) is 5.41 Å². The first-order valence-electron chi connectivity index (χ1n) is 7.60. The molecule has 0 radical (unpaired) electrons. The molecule has 1 fully saturated rings. The van der Waals surface area contributed by atoms with Crippen LogP contribution in [0.2, 0.25) is 5.02 Å². The molecule has 0 amide bonds. The van der Waals surface area contributed by atoms with Gasteiger partial charge in [-0.3, -0.25) is 4.68 Å². The zero-order valence-corrected chi connectivity index (χ0v) is 14.0. The maximum absolute atomic E-state index is 6.33. The highest BCUT2D eigenvalue weighted by molar-refractivity contribution is 6.31. The Labute approximate surface area is 132 Å². The van der Waals surface area contributed by atoms with Gasteiger partial charge in [-0.1, -0.05) is 30.9 Å². The molecule has 114 valence electrons. The van der Waals surface area contributed by atoms with Crippen LogP contribution in [0, 0.1) is 12.3 Å². The number of alkyl halides is 1. The molecule has 1 aliphatic carbocycles. The predicted octanol–water partition coefficient (Wildman–Crippen LogP) is 4.14. The maximum Gasteiger partial charge on any atom is 0.0860 e. The van der Waals surface area contributed by atoms with Crippen LogP contribution in [0.15, 0.2) is 0 Å². The highest BCUT2D eigenvalue weighted by atomic mass is 35.5. The number of aryl methyl sites for hydroxylation is 2. The molecule has 1 aliphatic rings. The molecule has 0 unspecified atom stereocenters. The number of hydrogen-bond donors (Lipinski definition) is 1. The highest BCUT2D eigenvalue weighted by Crippen LogP contribution is 2.36. The van der Waals surface area contributed by atoms with Gasteiger partial charge in [0.1, 0.15) is 0 Å². The van der Waals surface area contributed by atoms with Crippen molar-refractivity contribution < 1.29 is 0 Å². The van der Waals surface area contributed by atoms with Gasteiger partial charge in [0.2, 0.25) is 0 Å². The molecule has 0 aliphatic heterocycles. The molecule has 1 heterocycles. The van der Waals surface area contributed by atoms with E-state index in [0.29, 0.717) is 0 Å². The van der Waals surface area contributed by atoms with Crippen LogP contribution in [0.3, 0.4) is 0 Å². The summed E-state index contributed by atoms with van der Waals surface area (Å²) in [6.07, 6.45) is 6.45. The third-order valence-electron chi connectivity index (χ3n) is 4.44. The van der Waals surface area contributed by atoms with Gasteiger partial charge < -0.3 is 5.32 Å². The van der Waals surface area contributed by atoms with Crippen LogP contribution in [-0.4, -0.2) is 22.2 Å². The van der Waals surface area contributed by atoms with Crippen molar-refractivity contribution in [2.45, 2.75) is 59.0 Å². The Balaban J connectivity index is 1.95. The monoisotopic (exact) mass is 317 g/mol. The second-order valence-electron chi connectivity index (χ2n) is 5.96. The van der Waals surface area contributed by atoms with Crippen molar-refractivity contribution in [3.63, 3.8) is 0 Å². The molecule has 1 aromatic rings. The Hall–Kier alpha value is -0.250. The molecular weight excluding hydrogens is 293 g/mol. The topological polar surface area (TPSA) is 29.9 Å². The third kappa shape index (κ3) is 3.49. The fourth-order valence-corrected chi connectivity index (χ4v) is 3.71. The van der Waals surface area contributed by atoms with E-state index in [2.05, 4.69) is 17.3 Å². The summed E-state index contributed by atoms with van der Waals surface area (Å²) >= 11 is 12.6. The smallest absolute Gasteiger partial charge is 0.0860 e. The lowest BCUT2D eigenvalue weighted by Gasteiger charge is -2.35. The molecule has 1 saturated carbocycles. The van der Waals surface area contributed by atoms with Gasteiger partial charge in [-0.25, -0.2) is 0 Å². The van der Waals surface area contributed by atoms with Crippen LogP contribution in [0.25, 0.3) is 0 Å². The summed E-state index contributed by atoms with van der Waals surface area (Å²) in [7, 11) is 0. The Morgan fingerprint density at radius 1 is 1.30 bits per heavy atom. The second kappa shape index (κ2) is 7.15. The van der Waals surface area contributed by atoms with Crippen molar-refractivity contribution in [3.8, 4) is 0 Å². The number of halogens is 2. The average Bonchev–Trinajstić information content (AvgIpc) is 2.76. The molecule has 3 nitrogen and oxygen atoms in total. The minimum Gasteiger partial charge on any atom is -0.311 e. The van der Waals surface area contributed by atoms with E-state index in [0.717, 1.165) is 41.9 Å². The van der Waals surface area contributed by atoms with Crippen molar-refractivity contribution in [1.82, 2.24) is 15.1 Å². The molecule has 0 bridgehead atoms. The fraction of sp³-hybridized carbons (Fsp3) is 0.800. The lowest BCUT2D eigenvalue weighted by atomic mass is 9.75. The van der Waals surface area contributed by atoms with Gasteiger partial charge in [0.25, 0.3) is 0 Å². The molecule has 5 heteroatoms. The molecule has 2 rings (SSSR count). The molecule has 0 atom stereocenters. The zero-order chi connectivity index (χ0) is 14.6. The number of aromatic nitrogens is 2. The molecule has 0 saturated heterocycles. The lowest BCUT2D eigenvalue weighted by Crippen LogP contribution is -2.37. The maximum atomic E-state index is 6.33. The molecule has 20 heavy (non-hydrogen) atoms. The summed E-state index contributed by atoms with van der Waals surface area (Å²) < 4.78 is 1.99. The largest absolute Gasteiger partial charge is 0.311 e. The van der Waals surface area contributed by atoms with E-state index in [1.165, 1.54) is 32.1 Å². The molecule has 0 aromatic carbocycles. The van der Waals surface area contributed by atoms with Crippen LogP contribution >= 0.6 is 23.2 Å². The Morgan fingerprint density at radius 3 is 2.60 bits per heavy atom. The first-order chi connectivity index (χ1) is 9.62. The normalized spacial score (nSPS) is 18.4. The summed E-state index contributed by atoms with van der Waals surface area (Å²) in [6, 6.07) is 0. The van der Waals surface area contributed by atoms with Gasteiger partial charge in [0.15, 0.2) is 0 Å². The van der Waals surface area contributed by atoms with Crippen molar-refractivity contribution in [2.75, 3.05) is 12.4 Å². The number of rotatable bonds is 6. The van der Waals surface area contributed by atoms with Crippen molar-refractivity contribution in [1.29, 1.82) is 0 Å². The minimum absolute atomic E-state index is 0.276. The summed E-state index contributed by atoms with van der Waals surface area (Å²) in [5.41, 5.74) is 2.28. The third-order valence-corrected chi connectivity index (χ3v) is 5.50. The predicted molar refractivity (Wildman–Crippen MR) is 85.6 cm³/mol. The number of nitrogens with one attached hydrogen (secondary N) is 1. The van der Waals surface area contributed by atoms with Crippen molar-refractivity contribution >= 4 is 23.2 Å². The number of hydrogen-bond acceptors (Lipinski definition) is 2. The van der Waals surface area contributed by atoms with E-state index in [1.54, 1.807) is 0 Å². The van der Waals surface area contributed by atoms with Gasteiger partial charge in [-0.15, -0.1) is 11.6 Å². The van der Waals surface area contributed by atoms with E-state index in [-0.39, 0.29) is 5.41 Å². The second-order valence-corrected chi connectivity index (χ2v) is 6.60. The van der Waals surface area contributed by atoms with Gasteiger partial charge in [0, 0.05) is 25.5 Å². The summed E-state index contributed by atoms with van der Waals surface area (Å²) in [4.78, 5) is 0. The Kier molecular flexibility index (Phi) is 5.76. The van der Waals surface area contributed by atoms with E-state index in [4.69, 9.17) is 23.2 Å². The van der Waals surface area contributed by atoms with E-state index in [9.17, 15) is 0 Å². The lowest BCUT2D eigenvalue weighted by molar-refractivity contribution is 0.211. The SMILES string of the molecule is CCn1nc(C)c(Cl)c1CNCC1(CCl)CCCCC1. The fourth-order valence-electron chi connectivity index (χ4n) is 3.14. The van der Waals surface area contributed by atoms with Crippen LogP contribution in [0.1, 0.15) is 50.4 Å². The quantitative estimate of drug-likeness (QED) is 0.799. The summed E-state index contributed by atoms with van der Waals surface area (Å²) in [6.45, 7) is 6.64. The van der Waals surface area contributed by atoms with E-state index >= 15 is 0 Å². The molecule has 0 spiro atoms. The first kappa shape index (κ1) is 16.1. The summed E-state index contributed by atoms with van der Waals surface area (Å²) in [5.74, 6) is 0.750. The standard InChI is InChI=1S/C15H25Cl2N3/c1-3-20-13(14(17)12(2)19-20)9-18-11-15(10-16)7-5-4-6-8-15/h18H,3-11H2,1-2H3. The van der Waals surface area contributed by atoms with Crippen molar-refractivity contribution in [3.05, 3.63) is 16.4 Å². The Bertz CT molecular complexity index is 437. The Morgan fingerprint density at radius 2 is 2.00 bits per heavy atom. The van der Waals surface area contributed by atoms with Gasteiger partial charge in [-0.2, -0.15) is 5.10 Å². The van der Waals surface area contributed by atoms with Crippen LogP contribution < -0.4 is 5.32 Å². The van der Waals surface area contributed by atoms with Crippen LogP contribution in [0.4, 0.5) is 0 Å². The van der Waals surface area contributed by atoms with Gasteiger partial charge in [0.05, 0.1) is 16.4 Å². The number of nitrogens with zero attached hydrogens (tertiary/aromatic N) is 2. The van der Waals surface area contributed by atoms with Crippen LogP contribution in [0.5, 0.6) is 0 Å². The molecular formula is C15H25Cl2N3. The zero-order valence-electron chi connectivity index (χ0n) is 12.5. The summed E-state index contributed by atoms with van der Waals surface area (Å²) in [5, 5.41) is 8.81.